The number of hydrogen-bond acceptors (Lipinski definition) is 8. The van der Waals surface area contributed by atoms with Crippen LogP contribution in [0.4, 0.5) is 0 Å². The Morgan fingerprint density at radius 1 is 1.07 bits per heavy atom. The van der Waals surface area contributed by atoms with Crippen LogP contribution < -0.4 is 0 Å². The van der Waals surface area contributed by atoms with E-state index in [2.05, 4.69) is 33.4 Å². The summed E-state index contributed by atoms with van der Waals surface area (Å²) in [6, 6.07) is 0. The van der Waals surface area contributed by atoms with Crippen LogP contribution in [0.15, 0.2) is 36.0 Å². The minimum Gasteiger partial charge on any atom is -0.458 e. The molecule has 224 valence electrons. The monoisotopic (exact) mass is 560 g/mol. The topological polar surface area (TPSA) is 108 Å². The molecule has 0 aromatic heterocycles. The van der Waals surface area contributed by atoms with Crippen LogP contribution in [0.5, 0.6) is 0 Å². The molecule has 3 aliphatic rings. The molecule has 8 nitrogen and oxygen atoms in total. The maximum absolute atomic E-state index is 12.9. The van der Waals surface area contributed by atoms with Crippen LogP contribution in [0.1, 0.15) is 99.3 Å². The van der Waals surface area contributed by atoms with Gasteiger partial charge in [-0.05, 0) is 55.9 Å². The van der Waals surface area contributed by atoms with Crippen LogP contribution in [0, 0.1) is 22.7 Å². The van der Waals surface area contributed by atoms with Gasteiger partial charge in [0, 0.05) is 25.8 Å². The molecular weight excluding hydrogens is 512 g/mol. The van der Waals surface area contributed by atoms with E-state index in [1.54, 1.807) is 12.2 Å². The van der Waals surface area contributed by atoms with Crippen molar-refractivity contribution >= 4 is 17.9 Å². The molecule has 1 unspecified atom stereocenters. The van der Waals surface area contributed by atoms with E-state index in [1.165, 1.54) is 13.8 Å². The molecule has 0 aromatic carbocycles. The summed E-state index contributed by atoms with van der Waals surface area (Å²) < 4.78 is 23.4. The minimum atomic E-state index is -1.17. The second-order valence-corrected chi connectivity index (χ2v) is 12.1. The number of rotatable bonds is 12. The molecule has 1 aliphatic heterocycles. The van der Waals surface area contributed by atoms with E-state index >= 15 is 0 Å². The van der Waals surface area contributed by atoms with Gasteiger partial charge in [-0.2, -0.15) is 0 Å². The smallest absolute Gasteiger partial charge is 0.306 e. The van der Waals surface area contributed by atoms with Gasteiger partial charge in [-0.25, -0.2) is 0 Å². The third kappa shape index (κ3) is 6.54. The van der Waals surface area contributed by atoms with Crippen LogP contribution in [0.3, 0.4) is 0 Å². The highest BCUT2D eigenvalue weighted by Crippen LogP contribution is 2.67. The quantitative estimate of drug-likeness (QED) is 0.103. The third-order valence-electron chi connectivity index (χ3n) is 9.35. The molecule has 0 amide bonds. The van der Waals surface area contributed by atoms with Gasteiger partial charge in [-0.15, -0.1) is 0 Å². The average molecular weight is 561 g/mol. The molecule has 2 aliphatic carbocycles. The lowest BCUT2D eigenvalue weighted by atomic mass is 9.45. The number of carbonyl (C=O) groups is 3. The van der Waals surface area contributed by atoms with Crippen molar-refractivity contribution in [2.45, 2.75) is 124 Å². The first-order valence-electron chi connectivity index (χ1n) is 14.8. The van der Waals surface area contributed by atoms with Crippen molar-refractivity contribution in [2.75, 3.05) is 0 Å². The van der Waals surface area contributed by atoms with E-state index < -0.39 is 47.6 Å². The number of ether oxygens (including phenoxy) is 4. The summed E-state index contributed by atoms with van der Waals surface area (Å²) in [4.78, 5) is 37.2. The molecule has 2 fully saturated rings. The molecule has 0 aromatic rings. The lowest BCUT2D eigenvalue weighted by molar-refractivity contribution is -0.254. The zero-order valence-corrected chi connectivity index (χ0v) is 25.1. The highest BCUT2D eigenvalue weighted by atomic mass is 16.8. The van der Waals surface area contributed by atoms with Crippen molar-refractivity contribution in [3.63, 3.8) is 0 Å². The lowest BCUT2D eigenvalue weighted by Gasteiger charge is -2.60. The fourth-order valence-electron chi connectivity index (χ4n) is 6.97. The van der Waals surface area contributed by atoms with Gasteiger partial charge in [0.1, 0.15) is 6.10 Å². The second-order valence-electron chi connectivity index (χ2n) is 12.1. The fraction of sp³-hybridized carbons (Fsp3) is 0.719. The Morgan fingerprint density at radius 2 is 1.75 bits per heavy atom. The van der Waals surface area contributed by atoms with E-state index in [0.717, 1.165) is 37.7 Å². The third-order valence-corrected chi connectivity index (χ3v) is 9.35. The first kappa shape index (κ1) is 32.1. The summed E-state index contributed by atoms with van der Waals surface area (Å²) in [5.41, 5.74) is -0.0311. The van der Waals surface area contributed by atoms with Crippen molar-refractivity contribution in [2.24, 2.45) is 22.7 Å². The Bertz CT molecular complexity index is 1010. The van der Waals surface area contributed by atoms with Crippen LogP contribution in [-0.4, -0.2) is 47.8 Å². The van der Waals surface area contributed by atoms with Gasteiger partial charge in [0.2, 0.25) is 12.6 Å². The average Bonchev–Trinajstić information content (AvgIpc) is 3.17. The number of hydrogen-bond donors (Lipinski definition) is 1. The van der Waals surface area contributed by atoms with Crippen LogP contribution >= 0.6 is 0 Å². The van der Waals surface area contributed by atoms with Crippen LogP contribution in [0.2, 0.25) is 0 Å². The van der Waals surface area contributed by atoms with Crippen molar-refractivity contribution in [3.8, 4) is 0 Å². The summed E-state index contributed by atoms with van der Waals surface area (Å²) in [5, 5.41) is 11.8. The first-order valence-corrected chi connectivity index (χ1v) is 14.8. The van der Waals surface area contributed by atoms with Gasteiger partial charge in [0.15, 0.2) is 0 Å². The molecule has 8 atom stereocenters. The van der Waals surface area contributed by atoms with Crippen LogP contribution in [-0.2, 0) is 33.3 Å². The van der Waals surface area contributed by atoms with Crippen molar-refractivity contribution < 1.29 is 38.4 Å². The number of allylic oxidation sites excluding steroid dienone is 3. The highest BCUT2D eigenvalue weighted by molar-refractivity contribution is 5.70. The Morgan fingerprint density at radius 3 is 2.38 bits per heavy atom. The maximum atomic E-state index is 12.9. The second kappa shape index (κ2) is 13.5. The van der Waals surface area contributed by atoms with Crippen LogP contribution in [0.25, 0.3) is 0 Å². The molecule has 1 saturated heterocycles. The van der Waals surface area contributed by atoms with Crippen molar-refractivity contribution in [1.29, 1.82) is 0 Å². The lowest BCUT2D eigenvalue weighted by Crippen LogP contribution is -2.63. The molecular formula is C32H48O8. The maximum Gasteiger partial charge on any atom is 0.306 e. The largest absolute Gasteiger partial charge is 0.458 e. The standard InChI is InChI=1S/C32H48O8/c1-8-10-11-12-13-14-28(36)39-24-18-25-29(37-22(5)33)40-30(38-23(6)34)32(25)26(19-24)31(7,16-15-20(3)9-2)21(4)17-27(32)35/h9,15,18,21,24,26-27,29-30,35H,2,8,10-14,16-17,19H2,1,3-7H3/b20-15+/t21-,24-,26+,27+,29+,30+,31-,32?/m1/s1. The molecule has 3 rings (SSSR count). The molecule has 1 saturated carbocycles. The zero-order chi connectivity index (χ0) is 29.7. The van der Waals surface area contributed by atoms with Gasteiger partial charge < -0.3 is 19.3 Å². The normalized spacial score (nSPS) is 35.2. The number of unbranched alkanes of at least 4 members (excludes halogenated alkanes) is 4. The zero-order valence-electron chi connectivity index (χ0n) is 25.1. The predicted octanol–water partition coefficient (Wildman–Crippen LogP) is 5.93. The Hall–Kier alpha value is -2.45. The summed E-state index contributed by atoms with van der Waals surface area (Å²) >= 11 is 0. The van der Waals surface area contributed by atoms with E-state index in [1.807, 2.05) is 6.92 Å². The molecule has 8 heteroatoms. The van der Waals surface area contributed by atoms with Gasteiger partial charge in [0.25, 0.3) is 0 Å². The van der Waals surface area contributed by atoms with E-state index in [0.29, 0.717) is 31.3 Å². The molecule has 0 bridgehead atoms. The van der Waals surface area contributed by atoms with Crippen molar-refractivity contribution in [1.82, 2.24) is 0 Å². The van der Waals surface area contributed by atoms with Gasteiger partial charge in [-0.3, -0.25) is 19.1 Å². The molecule has 1 heterocycles. The fourth-order valence-corrected chi connectivity index (χ4v) is 6.97. The Balaban J connectivity index is 2.06. The predicted molar refractivity (Wildman–Crippen MR) is 151 cm³/mol. The van der Waals surface area contributed by atoms with E-state index in [9.17, 15) is 19.5 Å². The van der Waals surface area contributed by atoms with Gasteiger partial charge in [0.05, 0.1) is 11.5 Å². The SMILES string of the molecule is C=C/C(C)=C/C[C@]1(C)[C@H](C)C[C@H](O)C23C(=C[C@@H](OC(=O)CCCCCCC)C[C@H]21)[C@@H](OC(C)=O)O[C@@H]3OC(C)=O. The van der Waals surface area contributed by atoms with E-state index in [4.69, 9.17) is 18.9 Å². The number of esters is 3. The molecule has 40 heavy (non-hydrogen) atoms. The minimum absolute atomic E-state index is 0.0759. The molecule has 0 radical (unpaired) electrons. The molecule has 1 N–H and O–H groups in total. The summed E-state index contributed by atoms with van der Waals surface area (Å²) in [6.07, 6.45) is 8.78. The van der Waals surface area contributed by atoms with E-state index in [-0.39, 0.29) is 17.8 Å². The summed E-state index contributed by atoms with van der Waals surface area (Å²) in [7, 11) is 0. The number of aliphatic hydroxyl groups excluding tert-OH is 1. The first-order chi connectivity index (χ1) is 18.9. The highest BCUT2D eigenvalue weighted by Gasteiger charge is 2.71. The summed E-state index contributed by atoms with van der Waals surface area (Å²) in [5.74, 6) is -1.66. The Kier molecular flexibility index (Phi) is 10.8. The van der Waals surface area contributed by atoms with Gasteiger partial charge >= 0.3 is 17.9 Å². The summed E-state index contributed by atoms with van der Waals surface area (Å²) in [6.45, 7) is 14.9. The van der Waals surface area contributed by atoms with Crippen molar-refractivity contribution in [3.05, 3.63) is 36.0 Å². The molecule has 1 spiro atoms. The van der Waals surface area contributed by atoms with Gasteiger partial charge in [-0.1, -0.05) is 70.8 Å². The number of aliphatic hydroxyl groups is 1. The Labute approximate surface area is 239 Å². The number of carbonyl (C=O) groups excluding carboxylic acids is 3.